The summed E-state index contributed by atoms with van der Waals surface area (Å²) in [5, 5.41) is 0. The average Bonchev–Trinajstić information content (AvgIpc) is 2.44. The molecule has 1 aliphatic carbocycles. The first-order chi connectivity index (χ1) is 9.33. The van der Waals surface area contributed by atoms with E-state index in [4.69, 9.17) is 10.6 Å². The molecule has 1 amide bonds. The van der Waals surface area contributed by atoms with Gasteiger partial charge in [0.05, 0.1) is 6.61 Å². The van der Waals surface area contributed by atoms with Crippen LogP contribution in [0.1, 0.15) is 70.6 Å². The summed E-state index contributed by atoms with van der Waals surface area (Å²) in [6.45, 7) is 1.40. The number of hydroxylamine groups is 1. The summed E-state index contributed by atoms with van der Waals surface area (Å²) in [6.07, 6.45) is 12.6. The predicted molar refractivity (Wildman–Crippen MR) is 77.4 cm³/mol. The molecule has 0 aromatic heterocycles. The van der Waals surface area contributed by atoms with Gasteiger partial charge in [-0.25, -0.2) is 5.48 Å². The van der Waals surface area contributed by atoms with Gasteiger partial charge in [-0.15, -0.1) is 0 Å². The van der Waals surface area contributed by atoms with E-state index in [1.165, 1.54) is 32.1 Å². The fraction of sp³-hybridized carbons (Fsp3) is 0.933. The Labute approximate surface area is 117 Å². The summed E-state index contributed by atoms with van der Waals surface area (Å²) < 4.78 is 0. The van der Waals surface area contributed by atoms with Gasteiger partial charge in [0.25, 0.3) is 0 Å². The maximum atomic E-state index is 11.5. The summed E-state index contributed by atoms with van der Waals surface area (Å²) in [5.41, 5.74) is 7.96. The number of rotatable bonds is 10. The normalized spacial score (nSPS) is 16.5. The Balaban J connectivity index is 1.86. The van der Waals surface area contributed by atoms with Gasteiger partial charge >= 0.3 is 0 Å². The lowest BCUT2D eigenvalue weighted by Gasteiger charge is -2.21. The highest BCUT2D eigenvalue weighted by Crippen LogP contribution is 2.25. The highest BCUT2D eigenvalue weighted by molar-refractivity contribution is 5.74. The van der Waals surface area contributed by atoms with Gasteiger partial charge < -0.3 is 5.73 Å². The van der Waals surface area contributed by atoms with Gasteiger partial charge in [-0.2, -0.15) is 0 Å². The monoisotopic (exact) mass is 270 g/mol. The lowest BCUT2D eigenvalue weighted by molar-refractivity contribution is -0.134. The first kappa shape index (κ1) is 16.4. The molecule has 0 atom stereocenters. The van der Waals surface area contributed by atoms with Crippen molar-refractivity contribution >= 4 is 5.91 Å². The number of nitrogens with two attached hydrogens (primary N) is 1. The molecule has 0 aliphatic heterocycles. The van der Waals surface area contributed by atoms with Gasteiger partial charge in [-0.1, -0.05) is 44.9 Å². The Kier molecular flexibility index (Phi) is 9.72. The van der Waals surface area contributed by atoms with Crippen LogP contribution < -0.4 is 11.2 Å². The van der Waals surface area contributed by atoms with Gasteiger partial charge in [0.15, 0.2) is 0 Å². The minimum absolute atomic E-state index is 0.0105. The van der Waals surface area contributed by atoms with Crippen LogP contribution in [-0.4, -0.2) is 19.1 Å². The lowest BCUT2D eigenvalue weighted by Crippen LogP contribution is -2.24. The van der Waals surface area contributed by atoms with Crippen molar-refractivity contribution in [3.8, 4) is 0 Å². The molecule has 3 N–H and O–H groups in total. The largest absolute Gasteiger partial charge is 0.330 e. The molecule has 0 radical (unpaired) electrons. The topological polar surface area (TPSA) is 64.4 Å². The van der Waals surface area contributed by atoms with Crippen molar-refractivity contribution in [3.63, 3.8) is 0 Å². The summed E-state index contributed by atoms with van der Waals surface area (Å²) in [4.78, 5) is 16.7. The first-order valence-corrected chi connectivity index (χ1v) is 7.93. The predicted octanol–water partition coefficient (Wildman–Crippen LogP) is 2.91. The van der Waals surface area contributed by atoms with Gasteiger partial charge in [-0.3, -0.25) is 9.63 Å². The molecular formula is C15H30N2O2. The molecule has 0 aromatic carbocycles. The molecule has 19 heavy (non-hydrogen) atoms. The molecular weight excluding hydrogens is 240 g/mol. The van der Waals surface area contributed by atoms with Crippen molar-refractivity contribution < 1.29 is 9.63 Å². The SMILES string of the molecule is NCCCCCCC(=O)NOCCC1CCCCC1. The molecule has 0 heterocycles. The molecule has 4 heteroatoms. The molecule has 1 saturated carbocycles. The number of nitrogens with one attached hydrogen (secondary N) is 1. The van der Waals surface area contributed by atoms with Crippen molar-refractivity contribution in [3.05, 3.63) is 0 Å². The molecule has 0 aromatic rings. The van der Waals surface area contributed by atoms with Crippen LogP contribution in [0.2, 0.25) is 0 Å². The second kappa shape index (κ2) is 11.2. The average molecular weight is 270 g/mol. The number of carbonyl (C=O) groups is 1. The van der Waals surface area contributed by atoms with E-state index in [1.54, 1.807) is 0 Å². The Bertz CT molecular complexity index is 228. The smallest absolute Gasteiger partial charge is 0.243 e. The van der Waals surface area contributed by atoms with Gasteiger partial charge in [0.2, 0.25) is 5.91 Å². The van der Waals surface area contributed by atoms with Crippen molar-refractivity contribution in [1.29, 1.82) is 0 Å². The van der Waals surface area contributed by atoms with Gasteiger partial charge in [0, 0.05) is 6.42 Å². The van der Waals surface area contributed by atoms with Gasteiger partial charge in [0.1, 0.15) is 0 Å². The third kappa shape index (κ3) is 9.00. The van der Waals surface area contributed by atoms with Crippen molar-refractivity contribution in [2.24, 2.45) is 11.7 Å². The number of amides is 1. The third-order valence-corrected chi connectivity index (χ3v) is 3.90. The summed E-state index contributed by atoms with van der Waals surface area (Å²) in [7, 11) is 0. The van der Waals surface area contributed by atoms with E-state index >= 15 is 0 Å². The van der Waals surface area contributed by atoms with Crippen molar-refractivity contribution in [2.75, 3.05) is 13.2 Å². The van der Waals surface area contributed by atoms with Crippen LogP contribution in [0.4, 0.5) is 0 Å². The minimum Gasteiger partial charge on any atom is -0.330 e. The highest BCUT2D eigenvalue weighted by atomic mass is 16.6. The summed E-state index contributed by atoms with van der Waals surface area (Å²) in [5.74, 6) is 0.818. The Morgan fingerprint density at radius 2 is 1.84 bits per heavy atom. The molecule has 1 fully saturated rings. The quantitative estimate of drug-likeness (QED) is 0.474. The standard InChI is InChI=1S/C15H30N2O2/c16-12-7-2-1-6-10-15(18)17-19-13-11-14-8-4-3-5-9-14/h14H,1-13,16H2,(H,17,18). The molecule has 0 spiro atoms. The number of unbranched alkanes of at least 4 members (excludes halogenated alkanes) is 3. The molecule has 0 saturated heterocycles. The van der Waals surface area contributed by atoms with Crippen LogP contribution in [0, 0.1) is 5.92 Å². The zero-order chi connectivity index (χ0) is 13.8. The number of hydrogen-bond donors (Lipinski definition) is 2. The van der Waals surface area contributed by atoms with E-state index in [9.17, 15) is 4.79 Å². The van der Waals surface area contributed by atoms with Crippen LogP contribution in [-0.2, 0) is 9.63 Å². The molecule has 1 aliphatic rings. The highest BCUT2D eigenvalue weighted by Gasteiger charge is 2.13. The zero-order valence-electron chi connectivity index (χ0n) is 12.2. The summed E-state index contributed by atoms with van der Waals surface area (Å²) >= 11 is 0. The van der Waals surface area contributed by atoms with Crippen LogP contribution in [0.25, 0.3) is 0 Å². The van der Waals surface area contributed by atoms with E-state index in [0.29, 0.717) is 13.0 Å². The van der Waals surface area contributed by atoms with E-state index in [2.05, 4.69) is 5.48 Å². The second-order valence-electron chi connectivity index (χ2n) is 5.62. The fourth-order valence-corrected chi connectivity index (χ4v) is 2.67. The Morgan fingerprint density at radius 3 is 2.58 bits per heavy atom. The van der Waals surface area contributed by atoms with Crippen LogP contribution in [0.3, 0.4) is 0 Å². The molecule has 0 bridgehead atoms. The fourth-order valence-electron chi connectivity index (χ4n) is 2.67. The molecule has 4 nitrogen and oxygen atoms in total. The lowest BCUT2D eigenvalue weighted by atomic mass is 9.87. The maximum absolute atomic E-state index is 11.5. The van der Waals surface area contributed by atoms with E-state index in [0.717, 1.165) is 44.6 Å². The van der Waals surface area contributed by atoms with Gasteiger partial charge in [-0.05, 0) is 31.7 Å². The third-order valence-electron chi connectivity index (χ3n) is 3.90. The maximum Gasteiger partial charge on any atom is 0.243 e. The van der Waals surface area contributed by atoms with Crippen LogP contribution in [0.5, 0.6) is 0 Å². The molecule has 0 unspecified atom stereocenters. The zero-order valence-corrected chi connectivity index (χ0v) is 12.2. The van der Waals surface area contributed by atoms with E-state index in [1.807, 2.05) is 0 Å². The Hall–Kier alpha value is -0.610. The van der Waals surface area contributed by atoms with E-state index in [-0.39, 0.29) is 5.91 Å². The van der Waals surface area contributed by atoms with E-state index < -0.39 is 0 Å². The first-order valence-electron chi connectivity index (χ1n) is 7.93. The van der Waals surface area contributed by atoms with Crippen molar-refractivity contribution in [1.82, 2.24) is 5.48 Å². The number of hydrogen-bond acceptors (Lipinski definition) is 3. The number of carbonyl (C=O) groups excluding carboxylic acids is 1. The minimum atomic E-state index is 0.0105. The molecule has 112 valence electrons. The second-order valence-corrected chi connectivity index (χ2v) is 5.62. The molecule has 1 rings (SSSR count). The van der Waals surface area contributed by atoms with Crippen LogP contribution >= 0.6 is 0 Å². The summed E-state index contributed by atoms with van der Waals surface area (Å²) in [6, 6.07) is 0. The van der Waals surface area contributed by atoms with Crippen molar-refractivity contribution in [2.45, 2.75) is 70.6 Å². The van der Waals surface area contributed by atoms with Crippen LogP contribution in [0.15, 0.2) is 0 Å². The Morgan fingerprint density at radius 1 is 1.11 bits per heavy atom.